The van der Waals surface area contributed by atoms with Gasteiger partial charge in [0.2, 0.25) is 11.8 Å². The van der Waals surface area contributed by atoms with Gasteiger partial charge >= 0.3 is 0 Å². The maximum absolute atomic E-state index is 12.6. The summed E-state index contributed by atoms with van der Waals surface area (Å²) in [7, 11) is 0. The second-order valence-corrected chi connectivity index (χ2v) is 8.65. The number of amides is 2. The van der Waals surface area contributed by atoms with E-state index in [2.05, 4.69) is 33.6 Å². The molecule has 26 heavy (non-hydrogen) atoms. The molecule has 4 rings (SSSR count). The Kier molecular flexibility index (Phi) is 4.29. The van der Waals surface area contributed by atoms with Gasteiger partial charge in [-0.15, -0.1) is 0 Å². The highest BCUT2D eigenvalue weighted by Gasteiger charge is 2.56. The highest BCUT2D eigenvalue weighted by molar-refractivity contribution is 6.07. The quantitative estimate of drug-likeness (QED) is 0.712. The molecular formula is C19H29N5O2. The topological polar surface area (TPSA) is 93.2 Å². The fourth-order valence-electron chi connectivity index (χ4n) is 4.25. The van der Waals surface area contributed by atoms with E-state index in [0.717, 1.165) is 19.6 Å². The Hall–Kier alpha value is -1.89. The predicted octanol–water partition coefficient (Wildman–Crippen LogP) is 1.06. The van der Waals surface area contributed by atoms with Crippen molar-refractivity contribution in [1.82, 2.24) is 19.8 Å². The van der Waals surface area contributed by atoms with Crippen molar-refractivity contribution >= 4 is 11.8 Å². The molecule has 0 spiro atoms. The lowest BCUT2D eigenvalue weighted by Crippen LogP contribution is -2.48. The zero-order valence-electron chi connectivity index (χ0n) is 15.6. The molecule has 142 valence electrons. The molecular weight excluding hydrogens is 330 g/mol. The lowest BCUT2D eigenvalue weighted by molar-refractivity contribution is -0.136. The highest BCUT2D eigenvalue weighted by atomic mass is 16.2. The van der Waals surface area contributed by atoms with Crippen LogP contribution in [0, 0.1) is 17.3 Å². The molecule has 7 heteroatoms. The smallest absolute Gasteiger partial charge is 0.235 e. The van der Waals surface area contributed by atoms with E-state index >= 15 is 0 Å². The van der Waals surface area contributed by atoms with E-state index in [1.54, 1.807) is 0 Å². The average Bonchev–Trinajstić information content (AvgIpc) is 3.50. The van der Waals surface area contributed by atoms with Gasteiger partial charge in [-0.1, -0.05) is 13.8 Å². The summed E-state index contributed by atoms with van der Waals surface area (Å²) in [5.41, 5.74) is 5.75. The summed E-state index contributed by atoms with van der Waals surface area (Å²) in [5.74, 6) is 0.173. The number of hydrogen-bond acceptors (Lipinski definition) is 4. The van der Waals surface area contributed by atoms with Crippen LogP contribution in [0.3, 0.4) is 0 Å². The van der Waals surface area contributed by atoms with Crippen molar-refractivity contribution in [1.29, 1.82) is 0 Å². The lowest BCUT2D eigenvalue weighted by atomic mass is 9.90. The Bertz CT molecular complexity index is 705. The van der Waals surface area contributed by atoms with Crippen LogP contribution in [-0.4, -0.2) is 45.4 Å². The number of nitrogens with one attached hydrogen (secondary N) is 1. The molecule has 2 amide bonds. The summed E-state index contributed by atoms with van der Waals surface area (Å²) in [6.45, 7) is 7.00. The number of primary amides is 1. The zero-order chi connectivity index (χ0) is 18.5. The first-order valence-corrected chi connectivity index (χ1v) is 9.74. The van der Waals surface area contributed by atoms with Gasteiger partial charge in [0.05, 0.1) is 12.0 Å². The highest BCUT2D eigenvalue weighted by Crippen LogP contribution is 2.46. The van der Waals surface area contributed by atoms with E-state index in [1.807, 2.05) is 12.5 Å². The standard InChI is InChI=1S/C19H29N5O2/c1-12(2)15-9-23(8-14-7-21-11-24(14)13-3-4-13)10-16(15)22-18(26)19(5-6-19)17(20)25/h7,11-13,15-16H,3-6,8-10H2,1-2H3,(H2,20,25)(H,22,26)/t15-,16+/m0/s1. The summed E-state index contributed by atoms with van der Waals surface area (Å²) < 4.78 is 2.29. The van der Waals surface area contributed by atoms with E-state index in [4.69, 9.17) is 5.73 Å². The number of nitrogens with two attached hydrogens (primary N) is 1. The van der Waals surface area contributed by atoms with Gasteiger partial charge in [-0.25, -0.2) is 4.98 Å². The van der Waals surface area contributed by atoms with Gasteiger partial charge in [0.1, 0.15) is 5.41 Å². The largest absolute Gasteiger partial charge is 0.369 e. The number of carbonyl (C=O) groups is 2. The monoisotopic (exact) mass is 359 g/mol. The molecule has 0 aromatic carbocycles. The minimum Gasteiger partial charge on any atom is -0.369 e. The van der Waals surface area contributed by atoms with Crippen LogP contribution < -0.4 is 11.1 Å². The molecule has 3 N–H and O–H groups in total. The molecule has 2 heterocycles. The molecule has 1 aromatic heterocycles. The molecule has 1 aromatic rings. The number of imidazole rings is 1. The molecule has 0 bridgehead atoms. The molecule has 0 radical (unpaired) electrons. The van der Waals surface area contributed by atoms with Crippen LogP contribution in [0.4, 0.5) is 0 Å². The Morgan fingerprint density at radius 3 is 2.65 bits per heavy atom. The third-order valence-corrected chi connectivity index (χ3v) is 6.34. The minimum absolute atomic E-state index is 0.0663. The fraction of sp³-hybridized carbons (Fsp3) is 0.737. The molecule has 1 saturated heterocycles. The second kappa shape index (κ2) is 6.37. The van der Waals surface area contributed by atoms with Gasteiger partial charge in [-0.2, -0.15) is 0 Å². The van der Waals surface area contributed by atoms with Crippen molar-refractivity contribution in [3.63, 3.8) is 0 Å². The molecule has 7 nitrogen and oxygen atoms in total. The average molecular weight is 359 g/mol. The Morgan fingerprint density at radius 1 is 1.35 bits per heavy atom. The van der Waals surface area contributed by atoms with Crippen LogP contribution in [-0.2, 0) is 16.1 Å². The third-order valence-electron chi connectivity index (χ3n) is 6.34. The van der Waals surface area contributed by atoms with Crippen LogP contribution in [0.15, 0.2) is 12.5 Å². The van der Waals surface area contributed by atoms with Crippen molar-refractivity contribution in [2.75, 3.05) is 13.1 Å². The van der Waals surface area contributed by atoms with Crippen molar-refractivity contribution in [3.05, 3.63) is 18.2 Å². The Morgan fingerprint density at radius 2 is 2.08 bits per heavy atom. The summed E-state index contributed by atoms with van der Waals surface area (Å²) in [5, 5.41) is 3.15. The van der Waals surface area contributed by atoms with E-state index in [0.29, 0.717) is 30.7 Å². The van der Waals surface area contributed by atoms with Gasteiger partial charge in [-0.3, -0.25) is 14.5 Å². The number of rotatable bonds is 7. The zero-order valence-corrected chi connectivity index (χ0v) is 15.6. The molecule has 1 aliphatic heterocycles. The minimum atomic E-state index is -0.945. The van der Waals surface area contributed by atoms with E-state index in [-0.39, 0.29) is 11.9 Å². The second-order valence-electron chi connectivity index (χ2n) is 8.65. The van der Waals surface area contributed by atoms with Crippen molar-refractivity contribution in [2.24, 2.45) is 23.0 Å². The first-order chi connectivity index (χ1) is 12.4. The number of hydrogen-bond donors (Lipinski definition) is 2. The van der Waals surface area contributed by atoms with Gasteiger partial charge in [0.15, 0.2) is 0 Å². The van der Waals surface area contributed by atoms with Crippen molar-refractivity contribution in [2.45, 2.75) is 58.2 Å². The van der Waals surface area contributed by atoms with E-state index in [1.165, 1.54) is 18.5 Å². The Balaban J connectivity index is 1.42. The van der Waals surface area contributed by atoms with Gasteiger partial charge < -0.3 is 15.6 Å². The lowest BCUT2D eigenvalue weighted by Gasteiger charge is -2.24. The first kappa shape index (κ1) is 17.5. The molecule has 3 aliphatic rings. The predicted molar refractivity (Wildman–Crippen MR) is 96.9 cm³/mol. The molecule has 2 saturated carbocycles. The third kappa shape index (κ3) is 3.13. The van der Waals surface area contributed by atoms with Crippen LogP contribution in [0.2, 0.25) is 0 Å². The van der Waals surface area contributed by atoms with Crippen LogP contribution in [0.5, 0.6) is 0 Å². The van der Waals surface area contributed by atoms with Crippen molar-refractivity contribution in [3.8, 4) is 0 Å². The molecule has 2 atom stereocenters. The number of aromatic nitrogens is 2. The summed E-state index contributed by atoms with van der Waals surface area (Å²) >= 11 is 0. The number of carbonyl (C=O) groups excluding carboxylic acids is 2. The van der Waals surface area contributed by atoms with Gasteiger partial charge in [0.25, 0.3) is 0 Å². The SMILES string of the molecule is CC(C)[C@@H]1CN(Cc2cncn2C2CC2)C[C@H]1NC(=O)C1(C(N)=O)CC1. The summed E-state index contributed by atoms with van der Waals surface area (Å²) in [6.07, 6.45) is 7.54. The summed E-state index contributed by atoms with van der Waals surface area (Å²) in [4.78, 5) is 31.0. The van der Waals surface area contributed by atoms with E-state index < -0.39 is 11.3 Å². The normalized spacial score (nSPS) is 27.7. The van der Waals surface area contributed by atoms with E-state index in [9.17, 15) is 9.59 Å². The van der Waals surface area contributed by atoms with Crippen LogP contribution in [0.25, 0.3) is 0 Å². The van der Waals surface area contributed by atoms with Gasteiger partial charge in [0, 0.05) is 37.9 Å². The molecule has 0 unspecified atom stereocenters. The Labute approximate surface area is 154 Å². The summed E-state index contributed by atoms with van der Waals surface area (Å²) in [6, 6.07) is 0.688. The maximum atomic E-state index is 12.6. The molecule has 3 fully saturated rings. The maximum Gasteiger partial charge on any atom is 0.235 e. The van der Waals surface area contributed by atoms with Crippen LogP contribution >= 0.6 is 0 Å². The fourth-order valence-corrected chi connectivity index (χ4v) is 4.25. The number of nitrogens with zero attached hydrogens (tertiary/aromatic N) is 3. The van der Waals surface area contributed by atoms with Gasteiger partial charge in [-0.05, 0) is 37.5 Å². The van der Waals surface area contributed by atoms with Crippen LogP contribution in [0.1, 0.15) is 51.3 Å². The van der Waals surface area contributed by atoms with Crippen molar-refractivity contribution < 1.29 is 9.59 Å². The first-order valence-electron chi connectivity index (χ1n) is 9.74. The molecule has 2 aliphatic carbocycles. The number of likely N-dealkylation sites (tertiary alicyclic amines) is 1.